The van der Waals surface area contributed by atoms with Gasteiger partial charge in [-0.3, -0.25) is 4.79 Å². The molecule has 0 saturated carbocycles. The Hall–Kier alpha value is -3.53. The van der Waals surface area contributed by atoms with Gasteiger partial charge < -0.3 is 15.0 Å². The lowest BCUT2D eigenvalue weighted by Crippen LogP contribution is -2.50. The van der Waals surface area contributed by atoms with E-state index in [2.05, 4.69) is 32.5 Å². The normalized spacial score (nSPS) is 18.5. The summed E-state index contributed by atoms with van der Waals surface area (Å²) in [5.41, 5.74) is 1.62. The maximum atomic E-state index is 13.4. The summed E-state index contributed by atoms with van der Waals surface area (Å²) in [6.07, 6.45) is 6.43. The second-order valence-electron chi connectivity index (χ2n) is 7.39. The highest BCUT2D eigenvalue weighted by atomic mass is 32.2. The van der Waals surface area contributed by atoms with Crippen molar-refractivity contribution in [2.24, 2.45) is 0 Å². The van der Waals surface area contributed by atoms with Gasteiger partial charge >= 0.3 is 0 Å². The van der Waals surface area contributed by atoms with E-state index in [1.54, 1.807) is 30.1 Å². The molecule has 3 aromatic heterocycles. The number of halogens is 1. The number of carbonyl (C=O) groups excluding carboxylic acids is 1. The third-order valence-electron chi connectivity index (χ3n) is 5.45. The molecule has 154 valence electrons. The third-order valence-corrected chi connectivity index (χ3v) is 6.61. The molecule has 0 bridgehead atoms. The van der Waals surface area contributed by atoms with Crippen LogP contribution in [0.25, 0.3) is 17.2 Å². The number of benzene rings is 1. The maximum Gasteiger partial charge on any atom is 0.260 e. The van der Waals surface area contributed by atoms with Gasteiger partial charge in [0.05, 0.1) is 5.56 Å². The zero-order valence-corrected chi connectivity index (χ0v) is 17.2. The van der Waals surface area contributed by atoms with Crippen LogP contribution in [-0.4, -0.2) is 36.0 Å². The summed E-state index contributed by atoms with van der Waals surface area (Å²) in [5, 5.41) is 6.83. The van der Waals surface area contributed by atoms with E-state index in [0.29, 0.717) is 34.3 Å². The predicted molar refractivity (Wildman–Crippen MR) is 114 cm³/mol. The van der Waals surface area contributed by atoms with Crippen LogP contribution in [0.15, 0.2) is 47.9 Å². The molecule has 2 aliphatic heterocycles. The Labute approximate surface area is 180 Å². The molecule has 0 fully saturated rings. The molecule has 1 atom stereocenters. The Morgan fingerprint density at radius 2 is 1.97 bits per heavy atom. The van der Waals surface area contributed by atoms with Crippen LogP contribution in [-0.2, 0) is 10.3 Å². The zero-order valence-electron chi connectivity index (χ0n) is 16.4. The lowest BCUT2D eigenvalue weighted by Gasteiger charge is -2.38. The lowest BCUT2D eigenvalue weighted by molar-refractivity contribution is -0.119. The highest BCUT2D eigenvalue weighted by Crippen LogP contribution is 2.53. The highest BCUT2D eigenvalue weighted by Gasteiger charge is 2.58. The summed E-state index contributed by atoms with van der Waals surface area (Å²) >= 11 is 1.64. The van der Waals surface area contributed by atoms with Gasteiger partial charge in [0.15, 0.2) is 17.0 Å². The molecule has 2 N–H and O–H groups in total. The average molecular weight is 433 g/mol. The van der Waals surface area contributed by atoms with Gasteiger partial charge in [0.2, 0.25) is 0 Å². The molecule has 8 nitrogen and oxygen atoms in total. The van der Waals surface area contributed by atoms with Gasteiger partial charge in [-0.25, -0.2) is 24.3 Å². The molecule has 0 radical (unpaired) electrons. The highest BCUT2D eigenvalue weighted by molar-refractivity contribution is 7.99. The molecule has 2 aliphatic rings. The minimum Gasteiger partial charge on any atom is -0.348 e. The fourth-order valence-electron chi connectivity index (χ4n) is 4.01. The summed E-state index contributed by atoms with van der Waals surface area (Å²) in [7, 11) is 0. The van der Waals surface area contributed by atoms with Crippen LogP contribution in [0, 0.1) is 5.82 Å². The minimum absolute atomic E-state index is 0.259. The second kappa shape index (κ2) is 6.48. The van der Waals surface area contributed by atoms with Crippen molar-refractivity contribution in [3.63, 3.8) is 0 Å². The monoisotopic (exact) mass is 433 g/mol. The Morgan fingerprint density at radius 1 is 1.16 bits per heavy atom. The van der Waals surface area contributed by atoms with Gasteiger partial charge in [-0.05, 0) is 29.9 Å². The molecular formula is C21H16FN7OS. The molecule has 1 amide bonds. The number of nitrogens with one attached hydrogen (secondary N) is 2. The summed E-state index contributed by atoms with van der Waals surface area (Å²) in [6.45, 7) is 2.11. The Morgan fingerprint density at radius 3 is 2.77 bits per heavy atom. The van der Waals surface area contributed by atoms with Crippen molar-refractivity contribution in [3.05, 3.63) is 59.8 Å². The first-order chi connectivity index (χ1) is 15.1. The SMILES string of the molecule is CCCSc1nc(-c2nc3c4c(n2)NC4(c2ccc(F)cc2)C(=O)N3)cn2ccnc12. The molecule has 1 aromatic carbocycles. The number of aromatic nitrogens is 5. The molecule has 0 aliphatic carbocycles. The molecular weight excluding hydrogens is 417 g/mol. The van der Waals surface area contributed by atoms with Crippen molar-refractivity contribution in [2.45, 2.75) is 23.9 Å². The second-order valence-corrected chi connectivity index (χ2v) is 8.48. The van der Waals surface area contributed by atoms with Crippen LogP contribution < -0.4 is 10.6 Å². The summed E-state index contributed by atoms with van der Waals surface area (Å²) in [6, 6.07) is 5.87. The first-order valence-corrected chi connectivity index (χ1v) is 10.8. The van der Waals surface area contributed by atoms with Crippen molar-refractivity contribution in [2.75, 3.05) is 16.4 Å². The number of nitrogens with zero attached hydrogens (tertiary/aromatic N) is 5. The van der Waals surface area contributed by atoms with E-state index >= 15 is 0 Å². The molecule has 6 rings (SSSR count). The van der Waals surface area contributed by atoms with Crippen LogP contribution in [0.3, 0.4) is 0 Å². The molecule has 31 heavy (non-hydrogen) atoms. The van der Waals surface area contributed by atoms with Gasteiger partial charge in [-0.15, -0.1) is 11.8 Å². The lowest BCUT2D eigenvalue weighted by atomic mass is 9.79. The number of hydrogen-bond acceptors (Lipinski definition) is 7. The Balaban J connectivity index is 1.46. The smallest absolute Gasteiger partial charge is 0.260 e. The third kappa shape index (κ3) is 2.51. The molecule has 4 aromatic rings. The van der Waals surface area contributed by atoms with Crippen LogP contribution in [0.1, 0.15) is 24.5 Å². The fourth-order valence-corrected chi connectivity index (χ4v) is 4.86. The van der Waals surface area contributed by atoms with E-state index in [-0.39, 0.29) is 11.7 Å². The first-order valence-electron chi connectivity index (χ1n) is 9.85. The number of fused-ring (bicyclic) bond motifs is 1. The number of thioether (sulfide) groups is 1. The van der Waals surface area contributed by atoms with Gasteiger partial charge in [0, 0.05) is 18.6 Å². The van der Waals surface area contributed by atoms with Crippen LogP contribution in [0.2, 0.25) is 0 Å². The van der Waals surface area contributed by atoms with Crippen LogP contribution in [0.5, 0.6) is 0 Å². The van der Waals surface area contributed by atoms with E-state index in [4.69, 9.17) is 4.98 Å². The molecule has 0 spiro atoms. The fraction of sp³-hybridized carbons (Fsp3) is 0.190. The summed E-state index contributed by atoms with van der Waals surface area (Å²) < 4.78 is 15.3. The van der Waals surface area contributed by atoms with Crippen molar-refractivity contribution < 1.29 is 9.18 Å². The summed E-state index contributed by atoms with van der Waals surface area (Å²) in [5.74, 6) is 1.73. The Kier molecular flexibility index (Phi) is 3.82. The van der Waals surface area contributed by atoms with Gasteiger partial charge in [0.25, 0.3) is 5.91 Å². The van der Waals surface area contributed by atoms with Gasteiger partial charge in [0.1, 0.15) is 28.2 Å². The average Bonchev–Trinajstić information content (AvgIpc) is 3.32. The van der Waals surface area contributed by atoms with Gasteiger partial charge in [-0.1, -0.05) is 19.1 Å². The molecule has 10 heteroatoms. The number of amides is 1. The summed E-state index contributed by atoms with van der Waals surface area (Å²) in [4.78, 5) is 31.2. The quantitative estimate of drug-likeness (QED) is 0.465. The largest absolute Gasteiger partial charge is 0.348 e. The van der Waals surface area contributed by atoms with E-state index in [1.807, 2.05) is 16.8 Å². The maximum absolute atomic E-state index is 13.4. The number of imidazole rings is 1. The van der Waals surface area contributed by atoms with E-state index in [1.165, 1.54) is 12.1 Å². The number of carbonyl (C=O) groups is 1. The van der Waals surface area contributed by atoms with Crippen molar-refractivity contribution in [1.82, 2.24) is 24.3 Å². The first kappa shape index (κ1) is 18.3. The standard InChI is InChI=1S/C21H16FN7OS/c1-2-9-31-19-18-23-7-8-29(18)10-13(24-19)15-25-16-14-17(26-15)28-21(14,20(30)27-16)11-3-5-12(22)6-4-11/h3-8,10H,2,9H2,1H3,(H2,25,26,27,28,30). The zero-order chi connectivity index (χ0) is 21.2. The van der Waals surface area contributed by atoms with Crippen molar-refractivity contribution in [3.8, 4) is 11.5 Å². The number of hydrogen-bond donors (Lipinski definition) is 2. The number of anilines is 2. The molecule has 1 unspecified atom stereocenters. The molecule has 5 heterocycles. The van der Waals surface area contributed by atoms with Crippen molar-refractivity contribution >= 4 is 35.0 Å². The van der Waals surface area contributed by atoms with Gasteiger partial charge in [-0.2, -0.15) is 0 Å². The van der Waals surface area contributed by atoms with Crippen LogP contribution in [0.4, 0.5) is 16.0 Å². The minimum atomic E-state index is -1.08. The van der Waals surface area contributed by atoms with Crippen LogP contribution >= 0.6 is 11.8 Å². The van der Waals surface area contributed by atoms with E-state index in [0.717, 1.165) is 22.8 Å². The Bertz CT molecular complexity index is 1370. The number of rotatable bonds is 5. The van der Waals surface area contributed by atoms with Crippen molar-refractivity contribution in [1.29, 1.82) is 0 Å². The topological polar surface area (TPSA) is 97.1 Å². The predicted octanol–water partition coefficient (Wildman–Crippen LogP) is 3.45. The van der Waals surface area contributed by atoms with E-state index < -0.39 is 5.54 Å². The molecule has 0 saturated heterocycles. The van der Waals surface area contributed by atoms with E-state index in [9.17, 15) is 9.18 Å².